The molecule has 0 aromatic carbocycles. The molecular formula is C11H14ClN3O4. The van der Waals surface area contributed by atoms with Crippen LogP contribution in [0, 0.1) is 16.0 Å². The van der Waals surface area contributed by atoms with Crippen molar-refractivity contribution in [1.29, 1.82) is 0 Å². The molecule has 0 saturated carbocycles. The Morgan fingerprint density at radius 2 is 2.26 bits per heavy atom. The molecule has 104 valence electrons. The van der Waals surface area contributed by atoms with Crippen LogP contribution in [0.5, 0.6) is 0 Å². The van der Waals surface area contributed by atoms with Gasteiger partial charge in [-0.1, -0.05) is 25.4 Å². The van der Waals surface area contributed by atoms with E-state index < -0.39 is 22.6 Å². The van der Waals surface area contributed by atoms with Crippen molar-refractivity contribution in [3.63, 3.8) is 0 Å². The molecule has 0 spiro atoms. The Hall–Kier alpha value is -1.73. The predicted molar refractivity (Wildman–Crippen MR) is 69.1 cm³/mol. The molecular weight excluding hydrogens is 274 g/mol. The van der Waals surface area contributed by atoms with Crippen LogP contribution in [-0.4, -0.2) is 33.6 Å². The summed E-state index contributed by atoms with van der Waals surface area (Å²) in [7, 11) is 0. The maximum Gasteiger partial charge on any atom is 0.319 e. The van der Waals surface area contributed by atoms with Gasteiger partial charge in [-0.05, 0) is 12.0 Å². The number of halogens is 1. The summed E-state index contributed by atoms with van der Waals surface area (Å²) < 4.78 is 0. The van der Waals surface area contributed by atoms with Gasteiger partial charge >= 0.3 is 5.69 Å². The number of nitrogens with one attached hydrogen (secondary N) is 1. The standard InChI is InChI=1S/C11H14ClN3O4/c1-6(2)8(5-16)14-11(17)7-3-4-13-10(12)9(7)15(18)19/h3-4,6,8,16H,5H2,1-2H3,(H,14,17)/t8-/m1/s1. The molecule has 0 aliphatic rings. The molecule has 8 heteroatoms. The highest BCUT2D eigenvalue weighted by molar-refractivity contribution is 6.32. The number of aliphatic hydroxyl groups is 1. The minimum absolute atomic E-state index is 0.00897. The highest BCUT2D eigenvalue weighted by Gasteiger charge is 2.26. The molecule has 0 unspecified atom stereocenters. The molecule has 1 heterocycles. The smallest absolute Gasteiger partial charge is 0.319 e. The number of rotatable bonds is 5. The maximum absolute atomic E-state index is 12.0. The molecule has 0 radical (unpaired) electrons. The predicted octanol–water partition coefficient (Wildman–Crippen LogP) is 1.39. The van der Waals surface area contributed by atoms with E-state index in [9.17, 15) is 14.9 Å². The maximum atomic E-state index is 12.0. The van der Waals surface area contributed by atoms with E-state index in [1.165, 1.54) is 12.3 Å². The molecule has 1 amide bonds. The fourth-order valence-electron chi connectivity index (χ4n) is 1.45. The van der Waals surface area contributed by atoms with Gasteiger partial charge in [-0.2, -0.15) is 0 Å². The minimum Gasteiger partial charge on any atom is -0.394 e. The number of hydrogen-bond acceptors (Lipinski definition) is 5. The molecule has 19 heavy (non-hydrogen) atoms. The first-order valence-corrected chi connectivity index (χ1v) is 5.96. The SMILES string of the molecule is CC(C)[C@@H](CO)NC(=O)c1ccnc(Cl)c1[N+](=O)[O-]. The molecule has 0 aliphatic carbocycles. The minimum atomic E-state index is -0.756. The van der Waals surface area contributed by atoms with Gasteiger partial charge in [0.05, 0.1) is 17.6 Å². The summed E-state index contributed by atoms with van der Waals surface area (Å²) in [5.41, 5.74) is -0.716. The fourth-order valence-corrected chi connectivity index (χ4v) is 1.68. The van der Waals surface area contributed by atoms with Crippen LogP contribution in [0.1, 0.15) is 24.2 Å². The average Bonchev–Trinajstić information content (AvgIpc) is 2.34. The Bertz CT molecular complexity index is 493. The van der Waals surface area contributed by atoms with Crippen molar-refractivity contribution >= 4 is 23.2 Å². The van der Waals surface area contributed by atoms with E-state index >= 15 is 0 Å². The van der Waals surface area contributed by atoms with Gasteiger partial charge in [0, 0.05) is 6.20 Å². The molecule has 0 fully saturated rings. The monoisotopic (exact) mass is 287 g/mol. The zero-order valence-electron chi connectivity index (χ0n) is 10.5. The van der Waals surface area contributed by atoms with Gasteiger partial charge in [0.15, 0.2) is 0 Å². The van der Waals surface area contributed by atoms with Crippen molar-refractivity contribution in [2.75, 3.05) is 6.61 Å². The number of carbonyl (C=O) groups is 1. The molecule has 0 bridgehead atoms. The number of carbonyl (C=O) groups excluding carboxylic acids is 1. The fraction of sp³-hybridized carbons (Fsp3) is 0.455. The van der Waals surface area contributed by atoms with Gasteiger partial charge in [-0.15, -0.1) is 0 Å². The van der Waals surface area contributed by atoms with Crippen molar-refractivity contribution in [2.24, 2.45) is 5.92 Å². The number of aromatic nitrogens is 1. The summed E-state index contributed by atoms with van der Waals surface area (Å²) >= 11 is 5.62. The molecule has 1 atom stereocenters. The van der Waals surface area contributed by atoms with Crippen LogP contribution in [0.3, 0.4) is 0 Å². The lowest BCUT2D eigenvalue weighted by molar-refractivity contribution is -0.385. The molecule has 1 rings (SSSR count). The average molecular weight is 288 g/mol. The van der Waals surface area contributed by atoms with Gasteiger partial charge in [0.2, 0.25) is 5.15 Å². The largest absolute Gasteiger partial charge is 0.394 e. The highest BCUT2D eigenvalue weighted by atomic mass is 35.5. The lowest BCUT2D eigenvalue weighted by Crippen LogP contribution is -2.41. The van der Waals surface area contributed by atoms with E-state index in [0.29, 0.717) is 0 Å². The van der Waals surface area contributed by atoms with Crippen LogP contribution in [-0.2, 0) is 0 Å². The van der Waals surface area contributed by atoms with Crippen molar-refractivity contribution in [3.05, 3.63) is 33.1 Å². The number of nitro groups is 1. The van der Waals surface area contributed by atoms with E-state index in [1.54, 1.807) is 0 Å². The van der Waals surface area contributed by atoms with Gasteiger partial charge in [-0.25, -0.2) is 4.98 Å². The van der Waals surface area contributed by atoms with Crippen molar-refractivity contribution in [3.8, 4) is 0 Å². The summed E-state index contributed by atoms with van der Waals surface area (Å²) in [5, 5.41) is 22.2. The lowest BCUT2D eigenvalue weighted by Gasteiger charge is -2.19. The Morgan fingerprint density at radius 1 is 1.63 bits per heavy atom. The quantitative estimate of drug-likeness (QED) is 0.483. The summed E-state index contributed by atoms with van der Waals surface area (Å²) in [4.78, 5) is 25.7. The third-order valence-corrected chi connectivity index (χ3v) is 2.90. The first-order chi connectivity index (χ1) is 8.88. The molecule has 1 aromatic heterocycles. The van der Waals surface area contributed by atoms with E-state index in [2.05, 4.69) is 10.3 Å². The number of nitrogens with zero attached hydrogens (tertiary/aromatic N) is 2. The summed E-state index contributed by atoms with van der Waals surface area (Å²) in [6, 6.07) is 0.729. The summed E-state index contributed by atoms with van der Waals surface area (Å²) in [6.07, 6.45) is 1.22. The normalized spacial score (nSPS) is 12.3. The molecule has 1 aromatic rings. The van der Waals surface area contributed by atoms with Gasteiger partial charge in [-0.3, -0.25) is 14.9 Å². The van der Waals surface area contributed by atoms with Crippen LogP contribution in [0.25, 0.3) is 0 Å². The number of amides is 1. The van der Waals surface area contributed by atoms with Crippen molar-refractivity contribution in [2.45, 2.75) is 19.9 Å². The Balaban J connectivity index is 3.07. The van der Waals surface area contributed by atoms with E-state index in [1.807, 2.05) is 13.8 Å². The van der Waals surface area contributed by atoms with Crippen LogP contribution >= 0.6 is 11.6 Å². The Labute approximate surface area is 114 Å². The third kappa shape index (κ3) is 3.62. The first kappa shape index (κ1) is 15.3. The second kappa shape index (κ2) is 6.44. The summed E-state index contributed by atoms with van der Waals surface area (Å²) in [5.74, 6) is -0.672. The van der Waals surface area contributed by atoms with Crippen LogP contribution < -0.4 is 5.32 Å². The van der Waals surface area contributed by atoms with E-state index in [4.69, 9.17) is 16.7 Å². The Morgan fingerprint density at radius 3 is 2.74 bits per heavy atom. The number of hydrogen-bond donors (Lipinski definition) is 2. The van der Waals surface area contributed by atoms with Gasteiger partial charge in [0.1, 0.15) is 5.56 Å². The van der Waals surface area contributed by atoms with Gasteiger partial charge < -0.3 is 10.4 Å². The number of pyridine rings is 1. The van der Waals surface area contributed by atoms with Gasteiger partial charge in [0.25, 0.3) is 5.91 Å². The zero-order valence-corrected chi connectivity index (χ0v) is 11.2. The second-order valence-corrected chi connectivity index (χ2v) is 4.62. The molecule has 2 N–H and O–H groups in total. The van der Waals surface area contributed by atoms with E-state index in [0.717, 1.165) is 0 Å². The first-order valence-electron chi connectivity index (χ1n) is 5.59. The van der Waals surface area contributed by atoms with Crippen LogP contribution in [0.15, 0.2) is 12.3 Å². The second-order valence-electron chi connectivity index (χ2n) is 4.26. The van der Waals surface area contributed by atoms with Crippen molar-refractivity contribution in [1.82, 2.24) is 10.3 Å². The topological polar surface area (TPSA) is 105 Å². The van der Waals surface area contributed by atoms with E-state index in [-0.39, 0.29) is 23.2 Å². The number of aliphatic hydroxyl groups excluding tert-OH is 1. The van der Waals surface area contributed by atoms with Crippen LogP contribution in [0.4, 0.5) is 5.69 Å². The van der Waals surface area contributed by atoms with Crippen LogP contribution in [0.2, 0.25) is 5.15 Å². The summed E-state index contributed by atoms with van der Waals surface area (Å²) in [6.45, 7) is 3.38. The Kier molecular flexibility index (Phi) is 5.20. The zero-order chi connectivity index (χ0) is 14.6. The molecule has 7 nitrogen and oxygen atoms in total. The third-order valence-electron chi connectivity index (χ3n) is 2.62. The molecule has 0 aliphatic heterocycles. The highest BCUT2D eigenvalue weighted by Crippen LogP contribution is 2.26. The lowest BCUT2D eigenvalue weighted by atomic mass is 10.0. The molecule has 0 saturated heterocycles. The van der Waals surface area contributed by atoms with Crippen molar-refractivity contribution < 1.29 is 14.8 Å².